The van der Waals surface area contributed by atoms with Crippen LogP contribution in [-0.2, 0) is 24.1 Å². The number of nitrogens with zero attached hydrogens (tertiary/aromatic N) is 2. The summed E-state index contributed by atoms with van der Waals surface area (Å²) < 4.78 is 29.9. The molecular formula is C14H17N3O4S. The minimum Gasteiger partial charge on any atom is -0.305 e. The Kier molecular flexibility index (Phi) is 3.09. The van der Waals surface area contributed by atoms with Gasteiger partial charge in [-0.15, -0.1) is 0 Å². The van der Waals surface area contributed by atoms with Gasteiger partial charge >= 0.3 is 11.1 Å². The summed E-state index contributed by atoms with van der Waals surface area (Å²) in [6.07, 6.45) is 1.62. The Labute approximate surface area is 127 Å². The van der Waals surface area contributed by atoms with Crippen LogP contribution in [0.3, 0.4) is 0 Å². The molecule has 1 aromatic carbocycles. The molecule has 0 amide bonds. The van der Waals surface area contributed by atoms with Gasteiger partial charge in [0.05, 0.1) is 15.9 Å². The van der Waals surface area contributed by atoms with Crippen molar-refractivity contribution in [2.24, 2.45) is 14.1 Å². The van der Waals surface area contributed by atoms with E-state index < -0.39 is 21.1 Å². The molecule has 7 nitrogen and oxygen atoms in total. The van der Waals surface area contributed by atoms with Crippen LogP contribution in [0.1, 0.15) is 19.8 Å². The third kappa shape index (κ3) is 2.28. The highest BCUT2D eigenvalue weighted by Gasteiger charge is 2.41. The van der Waals surface area contributed by atoms with E-state index in [1.165, 1.54) is 35.4 Å². The molecule has 1 saturated carbocycles. The first-order valence-corrected chi connectivity index (χ1v) is 8.37. The molecule has 1 aliphatic carbocycles. The van der Waals surface area contributed by atoms with Crippen LogP contribution in [0, 0.1) is 0 Å². The second-order valence-electron chi connectivity index (χ2n) is 6.05. The van der Waals surface area contributed by atoms with E-state index in [9.17, 15) is 18.0 Å². The minimum atomic E-state index is -3.65. The minimum absolute atomic E-state index is 0.0850. The number of rotatable bonds is 3. The molecule has 0 unspecified atom stereocenters. The van der Waals surface area contributed by atoms with Gasteiger partial charge in [0.25, 0.3) is 0 Å². The Morgan fingerprint density at radius 2 is 1.59 bits per heavy atom. The zero-order valence-corrected chi connectivity index (χ0v) is 13.4. The quantitative estimate of drug-likeness (QED) is 0.809. The molecule has 1 aliphatic rings. The van der Waals surface area contributed by atoms with E-state index in [4.69, 9.17) is 0 Å². The number of aromatic nitrogens is 2. The van der Waals surface area contributed by atoms with Crippen LogP contribution in [0.2, 0.25) is 0 Å². The molecule has 1 heterocycles. The molecule has 0 spiro atoms. The largest absolute Gasteiger partial charge is 0.316 e. The van der Waals surface area contributed by atoms with Crippen LogP contribution in [0.25, 0.3) is 11.0 Å². The molecule has 8 heteroatoms. The van der Waals surface area contributed by atoms with Gasteiger partial charge in [-0.2, -0.15) is 0 Å². The number of benzene rings is 1. The SMILES string of the molecule is Cn1c(=O)c(=O)n(C)c2cc(S(=O)(=O)NC3(C)CC3)ccc21. The van der Waals surface area contributed by atoms with E-state index in [0.29, 0.717) is 11.0 Å². The molecule has 0 bridgehead atoms. The number of hydrogen-bond acceptors (Lipinski definition) is 4. The molecule has 0 atom stereocenters. The predicted octanol–water partition coefficient (Wildman–Crippen LogP) is 0.0680. The fraction of sp³-hybridized carbons (Fsp3) is 0.429. The van der Waals surface area contributed by atoms with Gasteiger partial charge in [-0.25, -0.2) is 13.1 Å². The molecule has 2 aromatic rings. The zero-order valence-electron chi connectivity index (χ0n) is 12.6. The number of aryl methyl sites for hydroxylation is 2. The van der Waals surface area contributed by atoms with Crippen molar-refractivity contribution in [1.82, 2.24) is 13.9 Å². The Morgan fingerprint density at radius 1 is 1.05 bits per heavy atom. The van der Waals surface area contributed by atoms with Gasteiger partial charge in [-0.05, 0) is 38.0 Å². The molecule has 22 heavy (non-hydrogen) atoms. The van der Waals surface area contributed by atoms with Crippen LogP contribution in [0.5, 0.6) is 0 Å². The first-order valence-electron chi connectivity index (χ1n) is 6.88. The van der Waals surface area contributed by atoms with Gasteiger partial charge in [0.1, 0.15) is 0 Å². The summed E-state index contributed by atoms with van der Waals surface area (Å²) in [5.74, 6) is 0. The molecule has 1 N–H and O–H groups in total. The van der Waals surface area contributed by atoms with Crippen LogP contribution in [0.15, 0.2) is 32.7 Å². The lowest BCUT2D eigenvalue weighted by Crippen LogP contribution is -2.39. The fourth-order valence-electron chi connectivity index (χ4n) is 2.40. The molecule has 3 rings (SSSR count). The lowest BCUT2D eigenvalue weighted by atomic mass is 10.3. The monoisotopic (exact) mass is 323 g/mol. The third-order valence-electron chi connectivity index (χ3n) is 4.15. The highest BCUT2D eigenvalue weighted by molar-refractivity contribution is 7.89. The van der Waals surface area contributed by atoms with Gasteiger partial charge in [0.15, 0.2) is 0 Å². The van der Waals surface area contributed by atoms with Crippen LogP contribution in [0.4, 0.5) is 0 Å². The van der Waals surface area contributed by atoms with Gasteiger partial charge < -0.3 is 9.13 Å². The Hall–Kier alpha value is -1.93. The van der Waals surface area contributed by atoms with E-state index >= 15 is 0 Å². The normalized spacial score (nSPS) is 16.9. The Morgan fingerprint density at radius 3 is 2.14 bits per heavy atom. The van der Waals surface area contributed by atoms with Crippen molar-refractivity contribution in [2.75, 3.05) is 0 Å². The zero-order chi connectivity index (χ0) is 16.3. The van der Waals surface area contributed by atoms with Crippen molar-refractivity contribution in [3.05, 3.63) is 38.9 Å². The third-order valence-corrected chi connectivity index (χ3v) is 5.79. The predicted molar refractivity (Wildman–Crippen MR) is 82.4 cm³/mol. The Balaban J connectivity index is 2.22. The lowest BCUT2D eigenvalue weighted by Gasteiger charge is -2.14. The van der Waals surface area contributed by atoms with Crippen molar-refractivity contribution >= 4 is 21.1 Å². The Bertz CT molecular complexity index is 997. The van der Waals surface area contributed by atoms with Crippen molar-refractivity contribution in [2.45, 2.75) is 30.2 Å². The first kappa shape index (κ1) is 15.0. The number of hydrogen-bond donors (Lipinski definition) is 1. The highest BCUT2D eigenvalue weighted by Crippen LogP contribution is 2.36. The van der Waals surface area contributed by atoms with Crippen LogP contribution >= 0.6 is 0 Å². The van der Waals surface area contributed by atoms with Crippen LogP contribution in [-0.4, -0.2) is 23.1 Å². The van der Waals surface area contributed by atoms with Crippen LogP contribution < -0.4 is 15.8 Å². The van der Waals surface area contributed by atoms with E-state index in [2.05, 4.69) is 4.72 Å². The second-order valence-corrected chi connectivity index (χ2v) is 7.73. The molecular weight excluding hydrogens is 306 g/mol. The summed E-state index contributed by atoms with van der Waals surface area (Å²) in [6.45, 7) is 1.85. The molecule has 1 aromatic heterocycles. The summed E-state index contributed by atoms with van der Waals surface area (Å²) in [5.41, 5.74) is -0.802. The van der Waals surface area contributed by atoms with Gasteiger partial charge in [0.2, 0.25) is 10.0 Å². The molecule has 1 fully saturated rings. The van der Waals surface area contributed by atoms with Crippen molar-refractivity contribution in [3.8, 4) is 0 Å². The van der Waals surface area contributed by atoms with Crippen molar-refractivity contribution in [3.63, 3.8) is 0 Å². The fourth-order valence-corrected chi connectivity index (χ4v) is 3.89. The van der Waals surface area contributed by atoms with E-state index in [-0.39, 0.29) is 10.4 Å². The number of fused-ring (bicyclic) bond motifs is 1. The molecule has 118 valence electrons. The topological polar surface area (TPSA) is 90.2 Å². The summed E-state index contributed by atoms with van der Waals surface area (Å²) in [6, 6.07) is 4.41. The maximum Gasteiger partial charge on any atom is 0.316 e. The van der Waals surface area contributed by atoms with Gasteiger partial charge in [-0.3, -0.25) is 9.59 Å². The maximum atomic E-state index is 12.4. The second kappa shape index (κ2) is 4.53. The standard InChI is InChI=1S/C14H17N3O4S/c1-14(6-7-14)15-22(20,21)9-4-5-10-11(8-9)17(3)13(19)12(18)16(10)2/h4-5,8,15H,6-7H2,1-3H3. The summed E-state index contributed by atoms with van der Waals surface area (Å²) in [7, 11) is -0.706. The van der Waals surface area contributed by atoms with E-state index in [0.717, 1.165) is 12.8 Å². The highest BCUT2D eigenvalue weighted by atomic mass is 32.2. The van der Waals surface area contributed by atoms with E-state index in [1.54, 1.807) is 6.07 Å². The van der Waals surface area contributed by atoms with Crippen molar-refractivity contribution in [1.29, 1.82) is 0 Å². The maximum absolute atomic E-state index is 12.4. The summed E-state index contributed by atoms with van der Waals surface area (Å²) >= 11 is 0. The lowest BCUT2D eigenvalue weighted by molar-refractivity contribution is 0.558. The van der Waals surface area contributed by atoms with Gasteiger partial charge in [0, 0.05) is 19.6 Å². The molecule has 0 saturated heterocycles. The summed E-state index contributed by atoms with van der Waals surface area (Å²) in [5, 5.41) is 0. The van der Waals surface area contributed by atoms with Gasteiger partial charge in [-0.1, -0.05) is 0 Å². The number of sulfonamides is 1. The number of nitrogens with one attached hydrogen (secondary N) is 1. The summed E-state index contributed by atoms with van der Waals surface area (Å²) in [4.78, 5) is 23.7. The van der Waals surface area contributed by atoms with E-state index in [1.807, 2.05) is 6.92 Å². The molecule has 0 aliphatic heterocycles. The first-order chi connectivity index (χ1) is 10.1. The smallest absolute Gasteiger partial charge is 0.305 e. The van der Waals surface area contributed by atoms with Crippen molar-refractivity contribution < 1.29 is 8.42 Å². The average molecular weight is 323 g/mol. The molecule has 0 radical (unpaired) electrons. The average Bonchev–Trinajstić information content (AvgIpc) is 3.18.